The van der Waals surface area contributed by atoms with Crippen LogP contribution in [0.4, 0.5) is 5.69 Å². The van der Waals surface area contributed by atoms with Crippen LogP contribution in [0.15, 0.2) is 29.4 Å². The SMILES string of the molecule is COCCNC(=S)NN=Cc1ccc(N(C)CCO)cc1. The number of benzene rings is 1. The molecule has 0 aliphatic heterocycles. The predicted octanol–water partition coefficient (Wildman–Crippen LogP) is 0.559. The van der Waals surface area contributed by atoms with Crippen LogP contribution in [-0.4, -0.2) is 56.9 Å². The van der Waals surface area contributed by atoms with Crippen molar-refractivity contribution >= 4 is 29.2 Å². The highest BCUT2D eigenvalue weighted by molar-refractivity contribution is 7.80. The van der Waals surface area contributed by atoms with Crippen LogP contribution in [0.3, 0.4) is 0 Å². The van der Waals surface area contributed by atoms with Gasteiger partial charge in [0.15, 0.2) is 5.11 Å². The fourth-order valence-electron chi connectivity index (χ4n) is 1.57. The molecule has 3 N–H and O–H groups in total. The first kappa shape index (κ1) is 17.4. The Morgan fingerprint density at radius 2 is 2.14 bits per heavy atom. The van der Waals surface area contributed by atoms with Crippen LogP contribution in [0.5, 0.6) is 0 Å². The number of ether oxygens (including phenoxy) is 1. The van der Waals surface area contributed by atoms with E-state index in [2.05, 4.69) is 15.8 Å². The maximum atomic E-state index is 8.90. The van der Waals surface area contributed by atoms with Gasteiger partial charge in [-0.2, -0.15) is 5.10 Å². The second-order valence-electron chi connectivity index (χ2n) is 4.36. The number of hydrogen-bond donors (Lipinski definition) is 3. The number of hydrogen-bond acceptors (Lipinski definition) is 5. The summed E-state index contributed by atoms with van der Waals surface area (Å²) in [6, 6.07) is 7.86. The van der Waals surface area contributed by atoms with Crippen LogP contribution in [0.1, 0.15) is 5.56 Å². The van der Waals surface area contributed by atoms with Gasteiger partial charge in [0, 0.05) is 32.9 Å². The van der Waals surface area contributed by atoms with Gasteiger partial charge in [0.05, 0.1) is 19.4 Å². The van der Waals surface area contributed by atoms with Crippen LogP contribution < -0.4 is 15.6 Å². The lowest BCUT2D eigenvalue weighted by molar-refractivity contribution is 0.204. The summed E-state index contributed by atoms with van der Waals surface area (Å²) in [6.45, 7) is 1.98. The Kier molecular flexibility index (Phi) is 8.34. The predicted molar refractivity (Wildman–Crippen MR) is 90.0 cm³/mol. The number of methoxy groups -OCH3 is 1. The van der Waals surface area contributed by atoms with Crippen molar-refractivity contribution in [2.75, 3.05) is 45.4 Å². The smallest absolute Gasteiger partial charge is 0.187 e. The first-order chi connectivity index (χ1) is 10.2. The van der Waals surface area contributed by atoms with Crippen molar-refractivity contribution in [3.8, 4) is 0 Å². The third kappa shape index (κ3) is 7.03. The summed E-state index contributed by atoms with van der Waals surface area (Å²) < 4.78 is 4.91. The molecule has 0 unspecified atom stereocenters. The van der Waals surface area contributed by atoms with Gasteiger partial charge in [-0.1, -0.05) is 12.1 Å². The van der Waals surface area contributed by atoms with Crippen molar-refractivity contribution in [1.82, 2.24) is 10.7 Å². The second-order valence-corrected chi connectivity index (χ2v) is 4.76. The van der Waals surface area contributed by atoms with Crippen LogP contribution in [0.2, 0.25) is 0 Å². The van der Waals surface area contributed by atoms with Gasteiger partial charge in [0.2, 0.25) is 0 Å². The van der Waals surface area contributed by atoms with Gasteiger partial charge in [-0.05, 0) is 29.9 Å². The van der Waals surface area contributed by atoms with E-state index < -0.39 is 0 Å². The van der Waals surface area contributed by atoms with Crippen LogP contribution in [0.25, 0.3) is 0 Å². The maximum Gasteiger partial charge on any atom is 0.187 e. The number of aliphatic hydroxyl groups is 1. The number of nitrogens with one attached hydrogen (secondary N) is 2. The summed E-state index contributed by atoms with van der Waals surface area (Å²) in [5, 5.41) is 16.4. The summed E-state index contributed by atoms with van der Waals surface area (Å²) in [7, 11) is 3.57. The van der Waals surface area contributed by atoms with E-state index >= 15 is 0 Å². The van der Waals surface area contributed by atoms with E-state index in [-0.39, 0.29) is 6.61 Å². The number of nitrogens with zero attached hydrogens (tertiary/aromatic N) is 2. The highest BCUT2D eigenvalue weighted by Crippen LogP contribution is 2.12. The zero-order chi connectivity index (χ0) is 15.5. The van der Waals surface area contributed by atoms with Gasteiger partial charge in [-0.25, -0.2) is 0 Å². The monoisotopic (exact) mass is 310 g/mol. The number of hydrazone groups is 1. The lowest BCUT2D eigenvalue weighted by Crippen LogP contribution is -2.34. The van der Waals surface area contributed by atoms with E-state index in [9.17, 15) is 0 Å². The molecule has 1 rings (SSSR count). The molecule has 0 saturated heterocycles. The van der Waals surface area contributed by atoms with Crippen LogP contribution in [-0.2, 0) is 4.74 Å². The van der Waals surface area contributed by atoms with Crippen molar-refractivity contribution < 1.29 is 9.84 Å². The Hall–Kier alpha value is -1.70. The van der Waals surface area contributed by atoms with Crippen LogP contribution >= 0.6 is 12.2 Å². The molecule has 0 fully saturated rings. The molecule has 7 heteroatoms. The van der Waals surface area contributed by atoms with E-state index in [1.807, 2.05) is 36.2 Å². The molecule has 0 amide bonds. The van der Waals surface area contributed by atoms with E-state index in [1.54, 1.807) is 13.3 Å². The van der Waals surface area contributed by atoms with Crippen molar-refractivity contribution in [3.63, 3.8) is 0 Å². The van der Waals surface area contributed by atoms with Crippen molar-refractivity contribution in [2.24, 2.45) is 5.10 Å². The molecule has 0 radical (unpaired) electrons. The number of thiocarbonyl (C=S) groups is 1. The summed E-state index contributed by atoms with van der Waals surface area (Å²) in [4.78, 5) is 1.98. The molecule has 0 aliphatic carbocycles. The molecule has 6 nitrogen and oxygen atoms in total. The highest BCUT2D eigenvalue weighted by Gasteiger charge is 1.99. The molecule has 1 aromatic rings. The molecule has 0 bridgehead atoms. The fraction of sp³-hybridized carbons (Fsp3) is 0.429. The molecule has 1 aromatic carbocycles. The van der Waals surface area contributed by atoms with Gasteiger partial charge in [-0.15, -0.1) is 0 Å². The standard InChI is InChI=1S/C14H22N4O2S/c1-18(8-9-19)13-5-3-12(4-6-13)11-16-17-14(21)15-7-10-20-2/h3-6,11,19H,7-10H2,1-2H3,(H2,15,17,21). The summed E-state index contributed by atoms with van der Waals surface area (Å²) in [5.74, 6) is 0. The molecule has 0 spiro atoms. The molecule has 0 saturated carbocycles. The minimum atomic E-state index is 0.136. The minimum absolute atomic E-state index is 0.136. The van der Waals surface area contributed by atoms with Gasteiger partial charge in [0.25, 0.3) is 0 Å². The average molecular weight is 310 g/mol. The Balaban J connectivity index is 2.41. The molecule has 0 aromatic heterocycles. The zero-order valence-corrected chi connectivity index (χ0v) is 13.2. The third-order valence-electron chi connectivity index (χ3n) is 2.74. The topological polar surface area (TPSA) is 69.1 Å². The van der Waals surface area contributed by atoms with Crippen molar-refractivity contribution in [1.29, 1.82) is 0 Å². The molecule has 21 heavy (non-hydrogen) atoms. The molecular formula is C14H22N4O2S. The lowest BCUT2D eigenvalue weighted by Gasteiger charge is -2.17. The maximum absolute atomic E-state index is 8.90. The zero-order valence-electron chi connectivity index (χ0n) is 12.4. The van der Waals surface area contributed by atoms with Gasteiger partial charge >= 0.3 is 0 Å². The number of aliphatic hydroxyl groups excluding tert-OH is 1. The average Bonchev–Trinajstić information content (AvgIpc) is 2.48. The van der Waals surface area contributed by atoms with Gasteiger partial charge in [0.1, 0.15) is 0 Å². The van der Waals surface area contributed by atoms with Gasteiger partial charge in [-0.3, -0.25) is 5.43 Å². The first-order valence-electron chi connectivity index (χ1n) is 6.65. The lowest BCUT2D eigenvalue weighted by atomic mass is 10.2. The number of likely N-dealkylation sites (N-methyl/N-ethyl adjacent to an activating group) is 1. The summed E-state index contributed by atoms with van der Waals surface area (Å²) in [5.41, 5.74) is 4.75. The molecule has 0 atom stereocenters. The van der Waals surface area contributed by atoms with Crippen molar-refractivity contribution in [2.45, 2.75) is 0 Å². The Morgan fingerprint density at radius 1 is 1.43 bits per heavy atom. The van der Waals surface area contributed by atoms with Gasteiger partial charge < -0.3 is 20.1 Å². The summed E-state index contributed by atoms with van der Waals surface area (Å²) in [6.07, 6.45) is 1.69. The Morgan fingerprint density at radius 3 is 2.76 bits per heavy atom. The first-order valence-corrected chi connectivity index (χ1v) is 7.06. The molecule has 116 valence electrons. The fourth-order valence-corrected chi connectivity index (χ4v) is 1.72. The van der Waals surface area contributed by atoms with E-state index in [0.717, 1.165) is 11.3 Å². The minimum Gasteiger partial charge on any atom is -0.395 e. The molecule has 0 aliphatic rings. The quantitative estimate of drug-likeness (QED) is 0.282. The number of anilines is 1. The third-order valence-corrected chi connectivity index (χ3v) is 2.98. The molecular weight excluding hydrogens is 288 g/mol. The van der Waals surface area contributed by atoms with Crippen molar-refractivity contribution in [3.05, 3.63) is 29.8 Å². The largest absolute Gasteiger partial charge is 0.395 e. The van der Waals surface area contributed by atoms with E-state index in [1.165, 1.54) is 0 Å². The molecule has 0 heterocycles. The Bertz CT molecular complexity index is 451. The second kappa shape index (κ2) is 10.1. The van der Waals surface area contributed by atoms with Crippen LogP contribution in [0, 0.1) is 0 Å². The van der Waals surface area contributed by atoms with E-state index in [4.69, 9.17) is 22.1 Å². The summed E-state index contributed by atoms with van der Waals surface area (Å²) >= 11 is 5.04. The normalized spacial score (nSPS) is 10.6. The highest BCUT2D eigenvalue weighted by atomic mass is 32.1. The number of rotatable bonds is 8. The van der Waals surface area contributed by atoms with E-state index in [0.29, 0.717) is 24.8 Å². The Labute approximate surface area is 130 Å².